The second kappa shape index (κ2) is 7.43. The lowest BCUT2D eigenvalue weighted by Crippen LogP contribution is -2.25. The van der Waals surface area contributed by atoms with Gasteiger partial charge in [-0.1, -0.05) is 47.5 Å². The number of Topliss-reactive ketones (excluding diaryl/α,β-unsaturated/α-hetero) is 1. The summed E-state index contributed by atoms with van der Waals surface area (Å²) in [7, 11) is 0. The highest BCUT2D eigenvalue weighted by atomic mass is 35.5. The molecule has 2 aromatic rings. The molecule has 0 bridgehead atoms. The maximum Gasteiger partial charge on any atom is 0.310 e. The molecule has 114 valence electrons. The Labute approximate surface area is 138 Å². The van der Waals surface area contributed by atoms with Crippen LogP contribution in [0.1, 0.15) is 22.8 Å². The van der Waals surface area contributed by atoms with Gasteiger partial charge in [0, 0.05) is 15.6 Å². The quantitative estimate of drug-likeness (QED) is 0.602. The van der Waals surface area contributed by atoms with Crippen molar-refractivity contribution in [3.05, 3.63) is 69.7 Å². The molecule has 2 rings (SSSR count). The Balaban J connectivity index is 1.96. The molecule has 0 fully saturated rings. The monoisotopic (exact) mass is 336 g/mol. The maximum absolute atomic E-state index is 12.2. The number of ether oxygens (including phenoxy) is 1. The van der Waals surface area contributed by atoms with Gasteiger partial charge in [-0.25, -0.2) is 0 Å². The number of benzene rings is 2. The summed E-state index contributed by atoms with van der Waals surface area (Å²) in [5, 5.41) is 1.06. The van der Waals surface area contributed by atoms with E-state index in [-0.39, 0.29) is 12.2 Å². The molecule has 1 atom stereocenters. The molecule has 22 heavy (non-hydrogen) atoms. The van der Waals surface area contributed by atoms with E-state index in [4.69, 9.17) is 27.9 Å². The van der Waals surface area contributed by atoms with E-state index in [0.717, 1.165) is 5.56 Å². The van der Waals surface area contributed by atoms with Gasteiger partial charge in [-0.05, 0) is 36.8 Å². The Morgan fingerprint density at radius 2 is 1.73 bits per heavy atom. The third-order valence-electron chi connectivity index (χ3n) is 3.05. The molecule has 3 nitrogen and oxygen atoms in total. The zero-order valence-electron chi connectivity index (χ0n) is 11.9. The first-order chi connectivity index (χ1) is 10.5. The van der Waals surface area contributed by atoms with Crippen LogP contribution >= 0.6 is 23.2 Å². The number of esters is 1. The minimum atomic E-state index is -0.863. The number of rotatable bonds is 5. The molecule has 0 unspecified atom stereocenters. The molecule has 0 heterocycles. The van der Waals surface area contributed by atoms with Gasteiger partial charge < -0.3 is 4.74 Å². The first-order valence-electron chi connectivity index (χ1n) is 6.69. The summed E-state index contributed by atoms with van der Waals surface area (Å²) in [5.41, 5.74) is 1.19. The third-order valence-corrected chi connectivity index (χ3v) is 3.54. The molecule has 0 N–H and O–H groups in total. The van der Waals surface area contributed by atoms with Gasteiger partial charge in [0.1, 0.15) is 0 Å². The predicted octanol–water partition coefficient (Wildman–Crippen LogP) is 4.35. The average Bonchev–Trinajstić information content (AvgIpc) is 2.48. The minimum Gasteiger partial charge on any atom is -0.454 e. The summed E-state index contributed by atoms with van der Waals surface area (Å²) in [5.74, 6) is -0.753. The topological polar surface area (TPSA) is 43.4 Å². The molecule has 0 aromatic heterocycles. The van der Waals surface area contributed by atoms with Crippen molar-refractivity contribution in [3.8, 4) is 0 Å². The SMILES string of the molecule is C[C@H](OC(=O)Cc1ccc(Cl)cc1)C(=O)c1cccc(Cl)c1. The van der Waals surface area contributed by atoms with Crippen LogP contribution in [0.25, 0.3) is 0 Å². The van der Waals surface area contributed by atoms with Crippen LogP contribution in [0.4, 0.5) is 0 Å². The van der Waals surface area contributed by atoms with Gasteiger partial charge in [0.15, 0.2) is 6.10 Å². The van der Waals surface area contributed by atoms with E-state index in [9.17, 15) is 9.59 Å². The molecule has 0 radical (unpaired) electrons. The zero-order valence-corrected chi connectivity index (χ0v) is 13.4. The van der Waals surface area contributed by atoms with Gasteiger partial charge in [-0.2, -0.15) is 0 Å². The molecule has 0 saturated carbocycles. The molecular formula is C17H14Cl2O3. The first-order valence-corrected chi connectivity index (χ1v) is 7.45. The number of hydrogen-bond acceptors (Lipinski definition) is 3. The average molecular weight is 337 g/mol. The highest BCUT2D eigenvalue weighted by Gasteiger charge is 2.19. The summed E-state index contributed by atoms with van der Waals surface area (Å²) in [6, 6.07) is 13.4. The molecular weight excluding hydrogens is 323 g/mol. The van der Waals surface area contributed by atoms with Crippen molar-refractivity contribution in [1.29, 1.82) is 0 Å². The van der Waals surface area contributed by atoms with Gasteiger partial charge in [0.2, 0.25) is 5.78 Å². The number of ketones is 1. The Hall–Kier alpha value is -1.84. The second-order valence-corrected chi connectivity index (χ2v) is 5.68. The lowest BCUT2D eigenvalue weighted by atomic mass is 10.1. The van der Waals surface area contributed by atoms with Crippen LogP contribution < -0.4 is 0 Å². The van der Waals surface area contributed by atoms with Crippen LogP contribution in [0, 0.1) is 0 Å². The molecule has 0 aliphatic carbocycles. The Morgan fingerprint density at radius 1 is 1.05 bits per heavy atom. The van der Waals surface area contributed by atoms with Crippen molar-refractivity contribution >= 4 is 35.0 Å². The third kappa shape index (κ3) is 4.58. The van der Waals surface area contributed by atoms with Crippen LogP contribution in [0.5, 0.6) is 0 Å². The highest BCUT2D eigenvalue weighted by molar-refractivity contribution is 6.31. The fourth-order valence-electron chi connectivity index (χ4n) is 1.94. The highest BCUT2D eigenvalue weighted by Crippen LogP contribution is 2.14. The van der Waals surface area contributed by atoms with E-state index in [0.29, 0.717) is 15.6 Å². The molecule has 0 saturated heterocycles. The zero-order chi connectivity index (χ0) is 16.1. The lowest BCUT2D eigenvalue weighted by Gasteiger charge is -2.12. The smallest absolute Gasteiger partial charge is 0.310 e. The molecule has 5 heteroatoms. The standard InChI is InChI=1S/C17H14Cl2O3/c1-11(17(21)13-3-2-4-15(19)10-13)22-16(20)9-12-5-7-14(18)8-6-12/h2-8,10-11H,9H2,1H3/t11-/m0/s1. The Bertz CT molecular complexity index is 681. The summed E-state index contributed by atoms with van der Waals surface area (Å²) in [6.07, 6.45) is -0.775. The Kier molecular flexibility index (Phi) is 5.58. The number of hydrogen-bond donors (Lipinski definition) is 0. The minimum absolute atomic E-state index is 0.0876. The van der Waals surface area contributed by atoms with Crippen LogP contribution in [-0.4, -0.2) is 17.9 Å². The van der Waals surface area contributed by atoms with E-state index in [1.165, 1.54) is 0 Å². The van der Waals surface area contributed by atoms with E-state index in [1.807, 2.05) is 0 Å². The normalized spacial score (nSPS) is 11.8. The van der Waals surface area contributed by atoms with Crippen molar-refractivity contribution in [1.82, 2.24) is 0 Å². The maximum atomic E-state index is 12.2. The van der Waals surface area contributed by atoms with Crippen molar-refractivity contribution < 1.29 is 14.3 Å². The van der Waals surface area contributed by atoms with E-state index in [1.54, 1.807) is 55.5 Å². The van der Waals surface area contributed by atoms with E-state index < -0.39 is 12.1 Å². The van der Waals surface area contributed by atoms with Gasteiger partial charge >= 0.3 is 5.97 Å². The van der Waals surface area contributed by atoms with Crippen molar-refractivity contribution in [2.75, 3.05) is 0 Å². The van der Waals surface area contributed by atoms with Gasteiger partial charge in [0.25, 0.3) is 0 Å². The predicted molar refractivity (Wildman–Crippen MR) is 86.5 cm³/mol. The number of carbonyl (C=O) groups is 2. The summed E-state index contributed by atoms with van der Waals surface area (Å²) < 4.78 is 5.18. The summed E-state index contributed by atoms with van der Waals surface area (Å²) in [4.78, 5) is 24.1. The summed E-state index contributed by atoms with van der Waals surface area (Å²) in [6.45, 7) is 1.54. The fraction of sp³-hybridized carbons (Fsp3) is 0.176. The Morgan fingerprint density at radius 3 is 2.36 bits per heavy atom. The van der Waals surface area contributed by atoms with E-state index in [2.05, 4.69) is 0 Å². The first kappa shape index (κ1) is 16.5. The van der Waals surface area contributed by atoms with Crippen molar-refractivity contribution in [2.24, 2.45) is 0 Å². The fourth-order valence-corrected chi connectivity index (χ4v) is 2.25. The molecule has 0 aliphatic heterocycles. The van der Waals surface area contributed by atoms with Crippen molar-refractivity contribution in [2.45, 2.75) is 19.4 Å². The second-order valence-electron chi connectivity index (χ2n) is 4.81. The molecule has 0 amide bonds. The molecule has 0 aliphatic rings. The lowest BCUT2D eigenvalue weighted by molar-refractivity contribution is -0.145. The number of halogens is 2. The summed E-state index contributed by atoms with van der Waals surface area (Å²) >= 11 is 11.6. The molecule has 0 spiro atoms. The van der Waals surface area contributed by atoms with Crippen LogP contribution in [0.15, 0.2) is 48.5 Å². The van der Waals surface area contributed by atoms with Crippen LogP contribution in [0.2, 0.25) is 10.0 Å². The largest absolute Gasteiger partial charge is 0.454 e. The van der Waals surface area contributed by atoms with Crippen molar-refractivity contribution in [3.63, 3.8) is 0 Å². The van der Waals surface area contributed by atoms with Gasteiger partial charge in [0.05, 0.1) is 6.42 Å². The number of carbonyl (C=O) groups excluding carboxylic acids is 2. The van der Waals surface area contributed by atoms with Crippen LogP contribution in [0.3, 0.4) is 0 Å². The van der Waals surface area contributed by atoms with Crippen LogP contribution in [-0.2, 0) is 16.0 Å². The van der Waals surface area contributed by atoms with E-state index >= 15 is 0 Å². The van der Waals surface area contributed by atoms with Gasteiger partial charge in [-0.15, -0.1) is 0 Å². The van der Waals surface area contributed by atoms with Gasteiger partial charge in [-0.3, -0.25) is 9.59 Å². The molecule has 2 aromatic carbocycles.